The number of nitrogens with zero attached hydrogens (tertiary/aromatic N) is 2. The molecule has 2 fully saturated rings. The highest BCUT2D eigenvalue weighted by Crippen LogP contribution is 2.21. The van der Waals surface area contributed by atoms with Crippen molar-refractivity contribution < 1.29 is 26.7 Å². The van der Waals surface area contributed by atoms with Gasteiger partial charge in [-0.15, -0.1) is 0 Å². The number of ether oxygens (including phenoxy) is 1. The molecule has 1 amide bonds. The van der Waals surface area contributed by atoms with Gasteiger partial charge in [-0.25, -0.2) is 17.2 Å². The first kappa shape index (κ1) is 18.2. The van der Waals surface area contributed by atoms with Crippen LogP contribution in [0.5, 0.6) is 0 Å². The fourth-order valence-electron chi connectivity index (χ4n) is 2.92. The van der Waals surface area contributed by atoms with Crippen LogP contribution in [-0.4, -0.2) is 75.5 Å². The molecule has 0 saturated carbocycles. The monoisotopic (exact) mass is 375 g/mol. The fraction of sp³-hybridized carbons (Fsp3) is 0.533. The number of amides is 1. The summed E-state index contributed by atoms with van der Waals surface area (Å²) in [6.07, 6.45) is 0. The van der Waals surface area contributed by atoms with Crippen molar-refractivity contribution in [1.29, 1.82) is 0 Å². The minimum atomic E-state index is -4.07. The predicted molar refractivity (Wildman–Crippen MR) is 84.3 cm³/mol. The van der Waals surface area contributed by atoms with Crippen molar-refractivity contribution in [1.82, 2.24) is 14.5 Å². The smallest absolute Gasteiger partial charge is 0.246 e. The Labute approximate surface area is 144 Å². The van der Waals surface area contributed by atoms with Gasteiger partial charge in [0.25, 0.3) is 0 Å². The van der Waals surface area contributed by atoms with Crippen LogP contribution < -0.4 is 5.32 Å². The number of carbonyl (C=O) groups excluding carboxylic acids is 1. The Kier molecular flexibility index (Phi) is 5.32. The van der Waals surface area contributed by atoms with Crippen molar-refractivity contribution in [2.45, 2.75) is 10.9 Å². The fourth-order valence-corrected chi connectivity index (χ4v) is 4.38. The largest absolute Gasteiger partial charge is 0.378 e. The van der Waals surface area contributed by atoms with Gasteiger partial charge in [0.1, 0.15) is 22.6 Å². The number of morpholine rings is 1. The van der Waals surface area contributed by atoms with Gasteiger partial charge < -0.3 is 15.0 Å². The zero-order valence-corrected chi connectivity index (χ0v) is 14.3. The highest BCUT2D eigenvalue weighted by atomic mass is 32.2. The second kappa shape index (κ2) is 7.32. The lowest BCUT2D eigenvalue weighted by Crippen LogP contribution is -2.57. The summed E-state index contributed by atoms with van der Waals surface area (Å²) in [6.45, 7) is 1.96. The molecule has 0 radical (unpaired) electrons. The number of hydrogen-bond acceptors (Lipinski definition) is 5. The van der Waals surface area contributed by atoms with Gasteiger partial charge in [0.2, 0.25) is 15.9 Å². The Morgan fingerprint density at radius 3 is 2.52 bits per heavy atom. The van der Waals surface area contributed by atoms with Crippen molar-refractivity contribution >= 4 is 15.9 Å². The Morgan fingerprint density at radius 1 is 1.20 bits per heavy atom. The van der Waals surface area contributed by atoms with Crippen LogP contribution in [-0.2, 0) is 19.6 Å². The summed E-state index contributed by atoms with van der Waals surface area (Å²) in [7, 11) is -4.07. The molecule has 0 aromatic heterocycles. The molecule has 10 heteroatoms. The maximum Gasteiger partial charge on any atom is 0.246 e. The normalized spacial score (nSPS) is 22.8. The lowest BCUT2D eigenvalue weighted by atomic mass is 10.2. The topological polar surface area (TPSA) is 79.0 Å². The lowest BCUT2D eigenvalue weighted by Gasteiger charge is -2.36. The second-order valence-corrected chi connectivity index (χ2v) is 7.79. The Morgan fingerprint density at radius 2 is 1.92 bits per heavy atom. The maximum atomic E-state index is 13.8. The summed E-state index contributed by atoms with van der Waals surface area (Å²) < 4.78 is 58.2. The van der Waals surface area contributed by atoms with Crippen molar-refractivity contribution in [2.75, 3.05) is 45.9 Å². The lowest BCUT2D eigenvalue weighted by molar-refractivity contribution is -0.137. The average Bonchev–Trinajstić information content (AvgIpc) is 2.61. The van der Waals surface area contributed by atoms with E-state index < -0.39 is 32.6 Å². The van der Waals surface area contributed by atoms with Crippen LogP contribution in [0, 0.1) is 11.6 Å². The van der Waals surface area contributed by atoms with Crippen LogP contribution in [0.4, 0.5) is 8.78 Å². The molecular weight excluding hydrogens is 356 g/mol. The standard InChI is InChI=1S/C15H19F2N3O4S/c16-11-1-2-14(12(17)9-11)25(22,23)20-6-4-19(5-7-20)15(21)13-10-24-8-3-18-13/h1-2,9,13,18H,3-8,10H2. The van der Waals surface area contributed by atoms with E-state index in [1.54, 1.807) is 4.90 Å². The van der Waals surface area contributed by atoms with Crippen LogP contribution >= 0.6 is 0 Å². The number of hydrogen-bond donors (Lipinski definition) is 1. The van der Waals surface area contributed by atoms with Crippen LogP contribution in [0.3, 0.4) is 0 Å². The van der Waals surface area contributed by atoms with Crippen molar-refractivity contribution in [3.63, 3.8) is 0 Å². The van der Waals surface area contributed by atoms with E-state index >= 15 is 0 Å². The molecule has 7 nitrogen and oxygen atoms in total. The van der Waals surface area contributed by atoms with Gasteiger partial charge in [-0.3, -0.25) is 4.79 Å². The van der Waals surface area contributed by atoms with Gasteiger partial charge in [0.15, 0.2) is 0 Å². The summed E-state index contributed by atoms with van der Waals surface area (Å²) in [5.41, 5.74) is 0. The molecule has 2 aliphatic rings. The number of halogens is 2. The zero-order chi connectivity index (χ0) is 18.0. The number of benzene rings is 1. The van der Waals surface area contributed by atoms with Gasteiger partial charge in [-0.05, 0) is 12.1 Å². The molecule has 138 valence electrons. The van der Waals surface area contributed by atoms with E-state index in [1.807, 2.05) is 0 Å². The van der Waals surface area contributed by atoms with E-state index in [-0.39, 0.29) is 38.7 Å². The van der Waals surface area contributed by atoms with E-state index in [0.717, 1.165) is 16.4 Å². The Hall–Kier alpha value is -1.62. The number of nitrogens with one attached hydrogen (secondary N) is 1. The van der Waals surface area contributed by atoms with E-state index in [0.29, 0.717) is 19.2 Å². The molecule has 2 aliphatic heterocycles. The van der Waals surface area contributed by atoms with Gasteiger partial charge >= 0.3 is 0 Å². The number of sulfonamides is 1. The van der Waals surface area contributed by atoms with Crippen LogP contribution in [0.15, 0.2) is 23.1 Å². The highest BCUT2D eigenvalue weighted by molar-refractivity contribution is 7.89. The van der Waals surface area contributed by atoms with E-state index in [4.69, 9.17) is 4.74 Å². The molecule has 1 atom stereocenters. The Bertz CT molecular complexity index is 745. The molecular formula is C15H19F2N3O4S. The number of piperazine rings is 1. The first-order chi connectivity index (χ1) is 11.9. The molecule has 1 N–H and O–H groups in total. The molecule has 25 heavy (non-hydrogen) atoms. The van der Waals surface area contributed by atoms with Crippen molar-refractivity contribution in [3.05, 3.63) is 29.8 Å². The van der Waals surface area contributed by atoms with Gasteiger partial charge in [0, 0.05) is 38.8 Å². The third-order valence-electron chi connectivity index (χ3n) is 4.28. The van der Waals surface area contributed by atoms with E-state index in [2.05, 4.69) is 5.32 Å². The van der Waals surface area contributed by atoms with Crippen LogP contribution in [0.1, 0.15) is 0 Å². The summed E-state index contributed by atoms with van der Waals surface area (Å²) in [5, 5.41) is 3.06. The molecule has 0 spiro atoms. The van der Waals surface area contributed by atoms with Gasteiger partial charge in [0.05, 0.1) is 13.2 Å². The molecule has 0 aliphatic carbocycles. The SMILES string of the molecule is O=C(C1COCCN1)N1CCN(S(=O)(=O)c2ccc(F)cc2F)CC1. The summed E-state index contributed by atoms with van der Waals surface area (Å²) >= 11 is 0. The second-order valence-electron chi connectivity index (χ2n) is 5.89. The molecule has 1 unspecified atom stereocenters. The summed E-state index contributed by atoms with van der Waals surface area (Å²) in [4.78, 5) is 13.4. The quantitative estimate of drug-likeness (QED) is 0.791. The molecule has 2 saturated heterocycles. The molecule has 3 rings (SSSR count). The minimum Gasteiger partial charge on any atom is -0.378 e. The zero-order valence-electron chi connectivity index (χ0n) is 13.5. The highest BCUT2D eigenvalue weighted by Gasteiger charge is 2.34. The maximum absolute atomic E-state index is 13.8. The summed E-state index contributed by atoms with van der Waals surface area (Å²) in [5.74, 6) is -2.10. The molecule has 2 heterocycles. The number of carbonyl (C=O) groups is 1. The molecule has 1 aromatic carbocycles. The van der Waals surface area contributed by atoms with E-state index in [9.17, 15) is 22.0 Å². The van der Waals surface area contributed by atoms with Crippen LogP contribution in [0.2, 0.25) is 0 Å². The van der Waals surface area contributed by atoms with Crippen molar-refractivity contribution in [3.8, 4) is 0 Å². The van der Waals surface area contributed by atoms with Crippen molar-refractivity contribution in [2.24, 2.45) is 0 Å². The molecule has 1 aromatic rings. The third kappa shape index (κ3) is 3.81. The predicted octanol–water partition coefficient (Wildman–Crippen LogP) is -0.214. The third-order valence-corrected chi connectivity index (χ3v) is 6.21. The Balaban J connectivity index is 1.66. The van der Waals surface area contributed by atoms with Gasteiger partial charge in [-0.1, -0.05) is 0 Å². The van der Waals surface area contributed by atoms with Gasteiger partial charge in [-0.2, -0.15) is 4.31 Å². The van der Waals surface area contributed by atoms with E-state index in [1.165, 1.54) is 0 Å². The van der Waals surface area contributed by atoms with Crippen LogP contribution in [0.25, 0.3) is 0 Å². The molecule has 0 bridgehead atoms. The first-order valence-electron chi connectivity index (χ1n) is 7.95. The minimum absolute atomic E-state index is 0.0540. The first-order valence-corrected chi connectivity index (χ1v) is 9.39. The average molecular weight is 375 g/mol. The number of rotatable bonds is 3. The summed E-state index contributed by atoms with van der Waals surface area (Å²) in [6, 6.07) is 1.94.